The van der Waals surface area contributed by atoms with Crippen LogP contribution in [0.25, 0.3) is 0 Å². The molecule has 1 N–H and O–H groups in total. The lowest BCUT2D eigenvalue weighted by Gasteiger charge is -2.34. The third kappa shape index (κ3) is 3.83. The molecule has 7 nitrogen and oxygen atoms in total. The monoisotopic (exact) mass is 377 g/mol. The fraction of sp³-hybridized carbons (Fsp3) is 0.286. The summed E-state index contributed by atoms with van der Waals surface area (Å²) in [6.07, 6.45) is 4.24. The Morgan fingerprint density at radius 1 is 1.11 bits per heavy atom. The molecule has 7 heteroatoms. The van der Waals surface area contributed by atoms with Crippen LogP contribution >= 0.6 is 0 Å². The van der Waals surface area contributed by atoms with Gasteiger partial charge in [-0.1, -0.05) is 25.1 Å². The number of nitrogens with one attached hydrogen (secondary N) is 1. The number of hydrogen-bond donors (Lipinski definition) is 1. The summed E-state index contributed by atoms with van der Waals surface area (Å²) in [4.78, 5) is 25.4. The lowest BCUT2D eigenvalue weighted by Crippen LogP contribution is -2.49. The fourth-order valence-electron chi connectivity index (χ4n) is 3.32. The minimum Gasteiger partial charge on any atom is -0.459 e. The predicted octanol–water partition coefficient (Wildman–Crippen LogP) is 3.34. The van der Waals surface area contributed by atoms with Gasteiger partial charge in [-0.05, 0) is 36.2 Å². The Balaban J connectivity index is 1.42. The Labute approximate surface area is 164 Å². The molecular weight excluding hydrogens is 354 g/mol. The molecule has 0 aliphatic carbocycles. The number of benzene rings is 1. The molecule has 3 aromatic rings. The van der Waals surface area contributed by atoms with Gasteiger partial charge in [0.2, 0.25) is 5.95 Å². The van der Waals surface area contributed by atoms with Gasteiger partial charge in [-0.2, -0.15) is 4.98 Å². The number of hydrogen-bond acceptors (Lipinski definition) is 6. The van der Waals surface area contributed by atoms with Crippen LogP contribution in [0.15, 0.2) is 59.3 Å². The van der Waals surface area contributed by atoms with E-state index in [0.717, 1.165) is 17.9 Å². The highest BCUT2D eigenvalue weighted by Crippen LogP contribution is 2.21. The standard InChI is InChI=1S/C21H23N5O2/c1-2-16-6-3-4-7-17(16)23-19-9-10-22-21(24-19)26-13-11-25(12-14-26)20(27)18-8-5-15-28-18/h3-10,15H,2,11-14H2,1H3,(H,22,23,24). The zero-order valence-electron chi connectivity index (χ0n) is 15.8. The van der Waals surface area contributed by atoms with Gasteiger partial charge in [-0.15, -0.1) is 0 Å². The maximum Gasteiger partial charge on any atom is 0.289 e. The molecule has 0 radical (unpaired) electrons. The van der Waals surface area contributed by atoms with E-state index in [-0.39, 0.29) is 5.91 Å². The highest BCUT2D eigenvalue weighted by molar-refractivity contribution is 5.91. The average Bonchev–Trinajstić information content (AvgIpc) is 3.29. The largest absolute Gasteiger partial charge is 0.459 e. The smallest absolute Gasteiger partial charge is 0.289 e. The van der Waals surface area contributed by atoms with Crippen LogP contribution in [0.1, 0.15) is 23.0 Å². The zero-order valence-corrected chi connectivity index (χ0v) is 15.8. The minimum atomic E-state index is -0.0721. The molecule has 1 amide bonds. The van der Waals surface area contributed by atoms with E-state index in [1.165, 1.54) is 11.8 Å². The maximum absolute atomic E-state index is 12.4. The van der Waals surface area contributed by atoms with Crippen molar-refractivity contribution in [1.82, 2.24) is 14.9 Å². The van der Waals surface area contributed by atoms with Crippen LogP contribution in [0.2, 0.25) is 0 Å². The molecule has 3 heterocycles. The minimum absolute atomic E-state index is 0.0721. The van der Waals surface area contributed by atoms with Gasteiger partial charge in [-0.25, -0.2) is 4.98 Å². The van der Waals surface area contributed by atoms with Crippen LogP contribution in [0.3, 0.4) is 0 Å². The number of carbonyl (C=O) groups excluding carboxylic acids is 1. The molecule has 28 heavy (non-hydrogen) atoms. The Kier molecular flexibility index (Phi) is 5.23. The first-order valence-corrected chi connectivity index (χ1v) is 9.50. The van der Waals surface area contributed by atoms with Crippen LogP contribution < -0.4 is 10.2 Å². The summed E-state index contributed by atoms with van der Waals surface area (Å²) in [6, 6.07) is 13.5. The SMILES string of the molecule is CCc1ccccc1Nc1ccnc(N2CCN(C(=O)c3ccco3)CC2)n1. The van der Waals surface area contributed by atoms with E-state index in [0.29, 0.717) is 37.9 Å². The van der Waals surface area contributed by atoms with Crippen LogP contribution in [0.5, 0.6) is 0 Å². The van der Waals surface area contributed by atoms with Gasteiger partial charge in [0.15, 0.2) is 5.76 Å². The number of carbonyl (C=O) groups is 1. The molecule has 1 aromatic carbocycles. The van der Waals surface area contributed by atoms with Crippen molar-refractivity contribution in [1.29, 1.82) is 0 Å². The highest BCUT2D eigenvalue weighted by atomic mass is 16.3. The van der Waals surface area contributed by atoms with Crippen LogP contribution in [0.4, 0.5) is 17.5 Å². The van der Waals surface area contributed by atoms with Gasteiger partial charge in [0.25, 0.3) is 5.91 Å². The molecule has 4 rings (SSSR count). The Morgan fingerprint density at radius 2 is 1.93 bits per heavy atom. The number of furan rings is 1. The first-order valence-electron chi connectivity index (χ1n) is 9.50. The molecule has 144 valence electrons. The van der Waals surface area contributed by atoms with Gasteiger partial charge < -0.3 is 19.5 Å². The molecule has 0 saturated carbocycles. The molecule has 0 unspecified atom stereocenters. The van der Waals surface area contributed by atoms with E-state index in [1.807, 2.05) is 18.2 Å². The molecule has 2 aromatic heterocycles. The second-order valence-corrected chi connectivity index (χ2v) is 6.63. The number of anilines is 3. The van der Waals surface area contributed by atoms with Gasteiger partial charge in [0.1, 0.15) is 5.82 Å². The van der Waals surface area contributed by atoms with Crippen LogP contribution in [-0.2, 0) is 6.42 Å². The summed E-state index contributed by atoms with van der Waals surface area (Å²) in [5.41, 5.74) is 2.30. The van der Waals surface area contributed by atoms with Crippen LogP contribution in [-0.4, -0.2) is 47.0 Å². The Morgan fingerprint density at radius 3 is 2.68 bits per heavy atom. The van der Waals surface area contributed by atoms with Crippen molar-refractivity contribution in [3.05, 3.63) is 66.2 Å². The Bertz CT molecular complexity index is 933. The zero-order chi connectivity index (χ0) is 19.3. The lowest BCUT2D eigenvalue weighted by atomic mass is 10.1. The quantitative estimate of drug-likeness (QED) is 0.735. The number of amides is 1. The van der Waals surface area contributed by atoms with Crippen molar-refractivity contribution >= 4 is 23.4 Å². The molecule has 0 spiro atoms. The normalized spacial score (nSPS) is 14.2. The van der Waals surface area contributed by atoms with Crippen molar-refractivity contribution in [3.8, 4) is 0 Å². The summed E-state index contributed by atoms with van der Waals surface area (Å²) in [5, 5.41) is 3.39. The molecule has 1 aliphatic rings. The highest BCUT2D eigenvalue weighted by Gasteiger charge is 2.24. The molecule has 0 atom stereocenters. The number of rotatable bonds is 5. The number of aromatic nitrogens is 2. The van der Waals surface area contributed by atoms with E-state index < -0.39 is 0 Å². The van der Waals surface area contributed by atoms with Crippen molar-refractivity contribution < 1.29 is 9.21 Å². The fourth-order valence-corrected chi connectivity index (χ4v) is 3.32. The second-order valence-electron chi connectivity index (χ2n) is 6.63. The van der Waals surface area contributed by atoms with Crippen molar-refractivity contribution in [3.63, 3.8) is 0 Å². The topological polar surface area (TPSA) is 74.5 Å². The van der Waals surface area contributed by atoms with Crippen molar-refractivity contribution in [2.45, 2.75) is 13.3 Å². The molecule has 1 fully saturated rings. The summed E-state index contributed by atoms with van der Waals surface area (Å²) < 4.78 is 5.21. The Hall–Kier alpha value is -3.35. The van der Waals surface area contributed by atoms with Gasteiger partial charge in [0, 0.05) is 38.1 Å². The lowest BCUT2D eigenvalue weighted by molar-refractivity contribution is 0.0714. The van der Waals surface area contributed by atoms with E-state index >= 15 is 0 Å². The third-order valence-electron chi connectivity index (χ3n) is 4.89. The number of nitrogens with zero attached hydrogens (tertiary/aromatic N) is 4. The van der Waals surface area contributed by atoms with E-state index in [4.69, 9.17) is 4.42 Å². The first-order chi connectivity index (χ1) is 13.7. The van der Waals surface area contributed by atoms with Gasteiger partial charge in [0.05, 0.1) is 6.26 Å². The average molecular weight is 377 g/mol. The first kappa shape index (κ1) is 18.0. The van der Waals surface area contributed by atoms with E-state index in [2.05, 4.69) is 39.2 Å². The summed E-state index contributed by atoms with van der Waals surface area (Å²) in [7, 11) is 0. The van der Waals surface area contributed by atoms with E-state index in [9.17, 15) is 4.79 Å². The number of piperazine rings is 1. The van der Waals surface area contributed by atoms with Crippen molar-refractivity contribution in [2.24, 2.45) is 0 Å². The summed E-state index contributed by atoms with van der Waals surface area (Å²) in [5.74, 6) is 1.74. The summed E-state index contributed by atoms with van der Waals surface area (Å²) >= 11 is 0. The summed E-state index contributed by atoms with van der Waals surface area (Å²) in [6.45, 7) is 4.72. The maximum atomic E-state index is 12.4. The third-order valence-corrected chi connectivity index (χ3v) is 4.89. The molecule has 1 aliphatic heterocycles. The second kappa shape index (κ2) is 8.12. The number of para-hydroxylation sites is 1. The number of aryl methyl sites for hydroxylation is 1. The van der Waals surface area contributed by atoms with Gasteiger partial charge >= 0.3 is 0 Å². The van der Waals surface area contributed by atoms with Gasteiger partial charge in [-0.3, -0.25) is 4.79 Å². The molecule has 1 saturated heterocycles. The molecular formula is C21H23N5O2. The van der Waals surface area contributed by atoms with Crippen molar-refractivity contribution in [2.75, 3.05) is 36.4 Å². The molecule has 0 bridgehead atoms. The predicted molar refractivity (Wildman–Crippen MR) is 108 cm³/mol. The van der Waals surface area contributed by atoms with Crippen LogP contribution in [0, 0.1) is 0 Å². The van der Waals surface area contributed by atoms with E-state index in [1.54, 1.807) is 23.2 Å².